The first kappa shape index (κ1) is 14.5. The van der Waals surface area contributed by atoms with Gasteiger partial charge in [-0.1, -0.05) is 5.10 Å². The Hall–Kier alpha value is -1.47. The van der Waals surface area contributed by atoms with Crippen LogP contribution in [0.4, 0.5) is 6.01 Å². The number of carbonyl (C=O) groups excluding carboxylic acids is 1. The third-order valence-electron chi connectivity index (χ3n) is 4.26. The summed E-state index contributed by atoms with van der Waals surface area (Å²) in [6, 6.07) is 0.222. The van der Waals surface area contributed by atoms with E-state index in [2.05, 4.69) is 20.4 Å². The van der Waals surface area contributed by atoms with Crippen LogP contribution >= 0.6 is 0 Å². The number of rotatable bonds is 6. The van der Waals surface area contributed by atoms with Crippen LogP contribution in [0.2, 0.25) is 0 Å². The first-order valence-electron chi connectivity index (χ1n) is 7.80. The summed E-state index contributed by atoms with van der Waals surface area (Å²) in [7, 11) is 0. The van der Waals surface area contributed by atoms with E-state index >= 15 is 0 Å². The number of piperidine rings is 1. The average Bonchev–Trinajstić information content (AvgIpc) is 3.22. The van der Waals surface area contributed by atoms with Crippen LogP contribution in [0.15, 0.2) is 4.42 Å². The molecular formula is C14H23N5O2. The van der Waals surface area contributed by atoms with Gasteiger partial charge in [0.1, 0.15) is 0 Å². The maximum Gasteiger partial charge on any atom is 0.322 e. The first-order valence-corrected chi connectivity index (χ1v) is 7.80. The molecule has 0 radical (unpaired) electrons. The number of anilines is 1. The summed E-state index contributed by atoms with van der Waals surface area (Å²) in [5.41, 5.74) is 5.59. The van der Waals surface area contributed by atoms with Crippen LogP contribution in [0.25, 0.3) is 0 Å². The molecule has 0 atom stereocenters. The highest BCUT2D eigenvalue weighted by molar-refractivity contribution is 5.90. The van der Waals surface area contributed by atoms with E-state index in [1.54, 1.807) is 0 Å². The number of nitrogens with zero attached hydrogens (tertiary/aromatic N) is 3. The molecule has 3 rings (SSSR count). The summed E-state index contributed by atoms with van der Waals surface area (Å²) in [6.07, 6.45) is 5.54. The van der Waals surface area contributed by atoms with Crippen molar-refractivity contribution in [1.29, 1.82) is 0 Å². The highest BCUT2D eigenvalue weighted by atomic mass is 16.4. The summed E-state index contributed by atoms with van der Waals surface area (Å²) < 4.78 is 5.43. The number of amides is 1. The highest BCUT2D eigenvalue weighted by Crippen LogP contribution is 2.39. The van der Waals surface area contributed by atoms with Crippen molar-refractivity contribution in [3.63, 3.8) is 0 Å². The molecule has 7 heteroatoms. The Bertz CT molecular complexity index is 477. The van der Waals surface area contributed by atoms with Gasteiger partial charge in [-0.05, 0) is 57.7 Å². The molecule has 1 saturated carbocycles. The van der Waals surface area contributed by atoms with Crippen molar-refractivity contribution in [2.45, 2.75) is 38.0 Å². The largest absolute Gasteiger partial charge is 0.408 e. The molecule has 3 N–H and O–H groups in total. The van der Waals surface area contributed by atoms with Crippen LogP contribution in [-0.2, 0) is 4.79 Å². The Morgan fingerprint density at radius 2 is 2.05 bits per heavy atom. The first-order chi connectivity index (χ1) is 10.2. The van der Waals surface area contributed by atoms with Crippen molar-refractivity contribution in [3.8, 4) is 0 Å². The second-order valence-electron chi connectivity index (χ2n) is 6.06. The minimum Gasteiger partial charge on any atom is -0.408 e. The molecule has 1 aliphatic carbocycles. The molecule has 116 valence electrons. The summed E-state index contributed by atoms with van der Waals surface area (Å²) in [5.74, 6) is 1.68. The lowest BCUT2D eigenvalue weighted by Crippen LogP contribution is -2.39. The fourth-order valence-electron chi connectivity index (χ4n) is 2.81. The molecule has 21 heavy (non-hydrogen) atoms. The van der Waals surface area contributed by atoms with Crippen molar-refractivity contribution >= 4 is 11.9 Å². The van der Waals surface area contributed by atoms with E-state index in [1.807, 2.05) is 0 Å². The van der Waals surface area contributed by atoms with Gasteiger partial charge in [-0.25, -0.2) is 0 Å². The quantitative estimate of drug-likeness (QED) is 0.810. The van der Waals surface area contributed by atoms with E-state index in [0.717, 1.165) is 51.7 Å². The molecule has 2 heterocycles. The molecule has 1 amide bonds. The lowest BCUT2D eigenvalue weighted by atomic mass is 9.94. The van der Waals surface area contributed by atoms with Gasteiger partial charge in [-0.2, -0.15) is 0 Å². The number of hydrogen-bond acceptors (Lipinski definition) is 6. The zero-order valence-corrected chi connectivity index (χ0v) is 12.3. The highest BCUT2D eigenvalue weighted by Gasteiger charge is 2.29. The summed E-state index contributed by atoms with van der Waals surface area (Å²) in [6.45, 7) is 3.05. The van der Waals surface area contributed by atoms with Crippen molar-refractivity contribution in [1.82, 2.24) is 15.1 Å². The Morgan fingerprint density at radius 3 is 2.71 bits per heavy atom. The van der Waals surface area contributed by atoms with E-state index < -0.39 is 0 Å². The molecule has 0 aromatic carbocycles. The normalized spacial score (nSPS) is 20.6. The van der Waals surface area contributed by atoms with Gasteiger partial charge >= 0.3 is 6.01 Å². The molecule has 2 aliphatic rings. The number of hydrogen-bond donors (Lipinski definition) is 2. The van der Waals surface area contributed by atoms with Gasteiger partial charge < -0.3 is 10.2 Å². The fraction of sp³-hybridized carbons (Fsp3) is 0.786. The number of likely N-dealkylation sites (tertiary alicyclic amines) is 1. The third kappa shape index (κ3) is 4.01. The van der Waals surface area contributed by atoms with Gasteiger partial charge in [-0.15, -0.1) is 5.10 Å². The number of nitrogens with one attached hydrogen (secondary N) is 1. The van der Waals surface area contributed by atoms with Crippen LogP contribution in [0.3, 0.4) is 0 Å². The lowest BCUT2D eigenvalue weighted by molar-refractivity contribution is -0.117. The van der Waals surface area contributed by atoms with Crippen molar-refractivity contribution < 1.29 is 9.21 Å². The second-order valence-corrected chi connectivity index (χ2v) is 6.06. The van der Waals surface area contributed by atoms with Crippen LogP contribution in [0.1, 0.15) is 43.9 Å². The van der Waals surface area contributed by atoms with E-state index in [4.69, 9.17) is 10.2 Å². The summed E-state index contributed by atoms with van der Waals surface area (Å²) in [4.78, 5) is 14.1. The third-order valence-corrected chi connectivity index (χ3v) is 4.26. The lowest BCUT2D eigenvalue weighted by Gasteiger charge is -2.31. The van der Waals surface area contributed by atoms with E-state index in [-0.39, 0.29) is 11.9 Å². The predicted molar refractivity (Wildman–Crippen MR) is 77.7 cm³/mol. The molecular weight excluding hydrogens is 270 g/mol. The van der Waals surface area contributed by atoms with Crippen LogP contribution in [0, 0.1) is 5.92 Å². The van der Waals surface area contributed by atoms with Gasteiger partial charge in [0.25, 0.3) is 0 Å². The predicted octanol–water partition coefficient (Wildman–Crippen LogP) is 0.946. The average molecular weight is 293 g/mol. The van der Waals surface area contributed by atoms with Crippen molar-refractivity contribution in [3.05, 3.63) is 5.89 Å². The van der Waals surface area contributed by atoms with Gasteiger partial charge in [0.2, 0.25) is 11.8 Å². The number of carbonyl (C=O) groups is 1. The van der Waals surface area contributed by atoms with E-state index in [1.165, 1.54) is 0 Å². The summed E-state index contributed by atoms with van der Waals surface area (Å²) >= 11 is 0. The minimum atomic E-state index is -0.0849. The Labute approximate surface area is 124 Å². The van der Waals surface area contributed by atoms with Gasteiger partial charge in [0, 0.05) is 5.92 Å². The van der Waals surface area contributed by atoms with E-state index in [9.17, 15) is 4.79 Å². The van der Waals surface area contributed by atoms with Gasteiger partial charge in [0.05, 0.1) is 6.54 Å². The standard InChI is InChI=1S/C14H23N5O2/c15-6-3-10-4-7-19(8-5-10)9-12(20)16-14-18-17-13(21-14)11-1-2-11/h10-11H,1-9,15H2,(H,16,18,20). The zero-order valence-electron chi connectivity index (χ0n) is 12.3. The molecule has 1 aliphatic heterocycles. The van der Waals surface area contributed by atoms with E-state index in [0.29, 0.717) is 24.3 Å². The number of nitrogens with two attached hydrogens (primary N) is 1. The molecule has 1 saturated heterocycles. The fourth-order valence-corrected chi connectivity index (χ4v) is 2.81. The van der Waals surface area contributed by atoms with Gasteiger partial charge in [0.15, 0.2) is 0 Å². The minimum absolute atomic E-state index is 0.0849. The zero-order chi connectivity index (χ0) is 14.7. The molecule has 1 aromatic rings. The van der Waals surface area contributed by atoms with Crippen LogP contribution in [0.5, 0.6) is 0 Å². The SMILES string of the molecule is NCCC1CCN(CC(=O)Nc2nnc(C3CC3)o2)CC1. The Kier molecular flexibility index (Phi) is 4.50. The Balaban J connectivity index is 1.41. The summed E-state index contributed by atoms with van der Waals surface area (Å²) in [5, 5.41) is 10.5. The molecule has 2 fully saturated rings. The topological polar surface area (TPSA) is 97.3 Å². The van der Waals surface area contributed by atoms with Crippen LogP contribution < -0.4 is 11.1 Å². The molecule has 7 nitrogen and oxygen atoms in total. The molecule has 0 bridgehead atoms. The van der Waals surface area contributed by atoms with Gasteiger partial charge in [-0.3, -0.25) is 15.0 Å². The smallest absolute Gasteiger partial charge is 0.322 e. The molecule has 0 unspecified atom stereocenters. The second kappa shape index (κ2) is 6.53. The monoisotopic (exact) mass is 293 g/mol. The molecule has 0 spiro atoms. The maximum atomic E-state index is 12.0. The van der Waals surface area contributed by atoms with Crippen LogP contribution in [-0.4, -0.2) is 47.2 Å². The molecule has 1 aromatic heterocycles. The van der Waals surface area contributed by atoms with Crippen molar-refractivity contribution in [2.24, 2.45) is 11.7 Å². The number of aromatic nitrogens is 2. The Morgan fingerprint density at radius 1 is 1.29 bits per heavy atom. The maximum absolute atomic E-state index is 12.0. The van der Waals surface area contributed by atoms with Crippen molar-refractivity contribution in [2.75, 3.05) is 31.5 Å².